The highest BCUT2D eigenvalue weighted by atomic mass is 35.5. The molecule has 20 heavy (non-hydrogen) atoms. The van der Waals surface area contributed by atoms with Gasteiger partial charge >= 0.3 is 0 Å². The van der Waals surface area contributed by atoms with E-state index in [1.807, 2.05) is 0 Å². The van der Waals surface area contributed by atoms with Gasteiger partial charge in [-0.15, -0.1) is 0 Å². The molecule has 1 aromatic rings. The van der Waals surface area contributed by atoms with Crippen LogP contribution in [0.1, 0.15) is 5.56 Å². The van der Waals surface area contributed by atoms with Gasteiger partial charge in [-0.1, -0.05) is 29.3 Å². The highest BCUT2D eigenvalue weighted by Crippen LogP contribution is 2.20. The van der Waals surface area contributed by atoms with E-state index < -0.39 is 0 Å². The summed E-state index contributed by atoms with van der Waals surface area (Å²) in [6.07, 6.45) is 0. The molecule has 1 aliphatic rings. The van der Waals surface area contributed by atoms with Crippen LogP contribution in [0.2, 0.25) is 10.0 Å². The number of carbonyl (C=O) groups excluding carboxylic acids is 2. The van der Waals surface area contributed by atoms with Gasteiger partial charge in [0.15, 0.2) is 13.1 Å². The molecule has 2 rings (SSSR count). The second-order valence-electron chi connectivity index (χ2n) is 4.72. The molecule has 1 unspecified atom stereocenters. The van der Waals surface area contributed by atoms with Crippen LogP contribution in [0, 0.1) is 0 Å². The van der Waals surface area contributed by atoms with E-state index in [1.54, 1.807) is 18.2 Å². The molecule has 0 saturated carbocycles. The fourth-order valence-corrected chi connectivity index (χ4v) is 2.53. The lowest BCUT2D eigenvalue weighted by Gasteiger charge is -2.22. The lowest BCUT2D eigenvalue weighted by Crippen LogP contribution is -3.16. The Kier molecular flexibility index (Phi) is 5.23. The van der Waals surface area contributed by atoms with Crippen molar-refractivity contribution in [2.24, 2.45) is 0 Å². The van der Waals surface area contributed by atoms with Gasteiger partial charge in [-0.05, 0) is 17.7 Å². The van der Waals surface area contributed by atoms with Crippen LogP contribution in [-0.2, 0) is 16.1 Å². The van der Waals surface area contributed by atoms with E-state index in [1.165, 1.54) is 0 Å². The van der Waals surface area contributed by atoms with Crippen molar-refractivity contribution in [1.82, 2.24) is 10.6 Å². The molecule has 1 aliphatic heterocycles. The van der Waals surface area contributed by atoms with Crippen LogP contribution in [-0.4, -0.2) is 38.0 Å². The quantitative estimate of drug-likeness (QED) is 0.709. The van der Waals surface area contributed by atoms with E-state index in [4.69, 9.17) is 23.2 Å². The fraction of sp³-hybridized carbons (Fsp3) is 0.385. The third-order valence-electron chi connectivity index (χ3n) is 3.11. The Morgan fingerprint density at radius 2 is 2.20 bits per heavy atom. The number of quaternary nitrogens is 1. The molecule has 5 nitrogen and oxygen atoms in total. The molecule has 0 aliphatic carbocycles. The predicted octanol–water partition coefficient (Wildman–Crippen LogP) is -0.376. The van der Waals surface area contributed by atoms with E-state index in [0.717, 1.165) is 17.0 Å². The summed E-state index contributed by atoms with van der Waals surface area (Å²) >= 11 is 11.8. The average molecular weight is 317 g/mol. The molecule has 2 amide bonds. The molecule has 0 aromatic heterocycles. The molecule has 7 heteroatoms. The SMILES string of the molecule is O=C1C[NH+](CC(=O)NCc2ccc(Cl)cc2Cl)CCN1. The first-order valence-electron chi connectivity index (χ1n) is 6.35. The maximum Gasteiger partial charge on any atom is 0.275 e. The lowest BCUT2D eigenvalue weighted by atomic mass is 10.2. The van der Waals surface area contributed by atoms with Gasteiger partial charge in [0.05, 0.1) is 13.1 Å². The molecule has 1 heterocycles. The van der Waals surface area contributed by atoms with Gasteiger partial charge in [0, 0.05) is 16.6 Å². The van der Waals surface area contributed by atoms with Crippen LogP contribution in [0.25, 0.3) is 0 Å². The molecule has 3 N–H and O–H groups in total. The zero-order chi connectivity index (χ0) is 14.5. The second kappa shape index (κ2) is 6.92. The number of benzene rings is 1. The Bertz CT molecular complexity index is 522. The Hall–Kier alpha value is -1.30. The van der Waals surface area contributed by atoms with E-state index in [2.05, 4.69) is 10.6 Å². The first kappa shape index (κ1) is 15.1. The maximum absolute atomic E-state index is 11.8. The summed E-state index contributed by atoms with van der Waals surface area (Å²) in [6, 6.07) is 5.16. The molecule has 1 aromatic carbocycles. The topological polar surface area (TPSA) is 62.6 Å². The van der Waals surface area contributed by atoms with Crippen LogP contribution in [0.4, 0.5) is 0 Å². The van der Waals surface area contributed by atoms with Crippen molar-refractivity contribution in [2.75, 3.05) is 26.2 Å². The molecule has 108 valence electrons. The van der Waals surface area contributed by atoms with Gasteiger partial charge in [0.1, 0.15) is 0 Å². The summed E-state index contributed by atoms with van der Waals surface area (Å²) in [5.41, 5.74) is 0.816. The first-order valence-corrected chi connectivity index (χ1v) is 7.11. The minimum Gasteiger partial charge on any atom is -0.347 e. The number of nitrogens with one attached hydrogen (secondary N) is 3. The fourth-order valence-electron chi connectivity index (χ4n) is 2.06. The molecule has 1 saturated heterocycles. The summed E-state index contributed by atoms with van der Waals surface area (Å²) in [5, 5.41) is 6.63. The van der Waals surface area contributed by atoms with Crippen molar-refractivity contribution < 1.29 is 14.5 Å². The lowest BCUT2D eigenvalue weighted by molar-refractivity contribution is -0.885. The van der Waals surface area contributed by atoms with E-state index in [0.29, 0.717) is 36.2 Å². The maximum atomic E-state index is 11.8. The van der Waals surface area contributed by atoms with Gasteiger partial charge < -0.3 is 15.5 Å². The van der Waals surface area contributed by atoms with Gasteiger partial charge in [-0.25, -0.2) is 0 Å². The van der Waals surface area contributed by atoms with Crippen molar-refractivity contribution in [3.8, 4) is 0 Å². The molecule has 0 spiro atoms. The summed E-state index contributed by atoms with van der Waals surface area (Å²) in [7, 11) is 0. The Balaban J connectivity index is 1.81. The van der Waals surface area contributed by atoms with E-state index >= 15 is 0 Å². The average Bonchev–Trinajstić information content (AvgIpc) is 2.37. The van der Waals surface area contributed by atoms with Crippen LogP contribution in [0.5, 0.6) is 0 Å². The van der Waals surface area contributed by atoms with E-state index in [-0.39, 0.29) is 11.8 Å². The molecule has 0 radical (unpaired) electrons. The number of rotatable bonds is 4. The monoisotopic (exact) mass is 316 g/mol. The van der Waals surface area contributed by atoms with Crippen LogP contribution < -0.4 is 15.5 Å². The second-order valence-corrected chi connectivity index (χ2v) is 5.56. The first-order chi connectivity index (χ1) is 9.54. The predicted molar refractivity (Wildman–Crippen MR) is 76.9 cm³/mol. The zero-order valence-electron chi connectivity index (χ0n) is 10.8. The van der Waals surface area contributed by atoms with Crippen LogP contribution in [0.15, 0.2) is 18.2 Å². The summed E-state index contributed by atoms with van der Waals surface area (Å²) in [5.74, 6) is -0.111. The molecule has 1 atom stereocenters. The van der Waals surface area contributed by atoms with Crippen molar-refractivity contribution in [3.63, 3.8) is 0 Å². The number of hydrogen-bond acceptors (Lipinski definition) is 2. The number of piperazine rings is 1. The Labute approximate surface area is 127 Å². The highest BCUT2D eigenvalue weighted by molar-refractivity contribution is 6.35. The largest absolute Gasteiger partial charge is 0.347 e. The van der Waals surface area contributed by atoms with Gasteiger partial charge in [-0.3, -0.25) is 9.59 Å². The van der Waals surface area contributed by atoms with Crippen molar-refractivity contribution in [3.05, 3.63) is 33.8 Å². The molecule has 1 fully saturated rings. The standard InChI is InChI=1S/C13H15Cl2N3O2/c14-10-2-1-9(11(15)5-10)6-17-13(20)8-18-4-3-16-12(19)7-18/h1-2,5H,3-4,6-8H2,(H,16,19)(H,17,20)/p+1. The third-order valence-corrected chi connectivity index (χ3v) is 3.70. The van der Waals surface area contributed by atoms with Gasteiger partial charge in [-0.2, -0.15) is 0 Å². The van der Waals surface area contributed by atoms with Crippen molar-refractivity contribution >= 4 is 35.0 Å². The van der Waals surface area contributed by atoms with Crippen molar-refractivity contribution in [2.45, 2.75) is 6.54 Å². The van der Waals surface area contributed by atoms with Gasteiger partial charge in [0.2, 0.25) is 0 Å². The Morgan fingerprint density at radius 3 is 2.90 bits per heavy atom. The number of hydrogen-bond donors (Lipinski definition) is 3. The highest BCUT2D eigenvalue weighted by Gasteiger charge is 2.21. The van der Waals surface area contributed by atoms with Crippen LogP contribution in [0.3, 0.4) is 0 Å². The minimum absolute atomic E-state index is 0.0141. The molecular formula is C13H16Cl2N3O2+. The molecule has 0 bridgehead atoms. The number of carbonyl (C=O) groups is 2. The van der Waals surface area contributed by atoms with Gasteiger partial charge in [0.25, 0.3) is 11.8 Å². The summed E-state index contributed by atoms with van der Waals surface area (Å²) < 4.78 is 0. The molecular weight excluding hydrogens is 301 g/mol. The summed E-state index contributed by atoms with van der Waals surface area (Å²) in [6.45, 7) is 2.37. The minimum atomic E-state index is -0.0966. The Morgan fingerprint density at radius 1 is 1.40 bits per heavy atom. The summed E-state index contributed by atoms with van der Waals surface area (Å²) in [4.78, 5) is 24.0. The smallest absolute Gasteiger partial charge is 0.275 e. The zero-order valence-corrected chi connectivity index (χ0v) is 12.4. The van der Waals surface area contributed by atoms with E-state index in [9.17, 15) is 9.59 Å². The normalized spacial score (nSPS) is 18.5. The number of amides is 2. The van der Waals surface area contributed by atoms with Crippen LogP contribution >= 0.6 is 23.2 Å². The van der Waals surface area contributed by atoms with Crippen molar-refractivity contribution in [1.29, 1.82) is 0 Å². The third kappa shape index (κ3) is 4.37. The number of halogens is 2.